The van der Waals surface area contributed by atoms with Crippen LogP contribution in [0.15, 0.2) is 0 Å². The van der Waals surface area contributed by atoms with Crippen molar-refractivity contribution in [1.82, 2.24) is 0 Å². The summed E-state index contributed by atoms with van der Waals surface area (Å²) < 4.78 is 0. The quantitative estimate of drug-likeness (QED) is 0.366. The van der Waals surface area contributed by atoms with E-state index in [0.29, 0.717) is 6.42 Å². The minimum absolute atomic E-state index is 0. The zero-order valence-corrected chi connectivity index (χ0v) is 15.7. The van der Waals surface area contributed by atoms with Gasteiger partial charge in [0.15, 0.2) is 0 Å². The molecule has 0 rings (SSSR count). The summed E-state index contributed by atoms with van der Waals surface area (Å²) in [6, 6.07) is -0.775. The third-order valence-corrected chi connectivity index (χ3v) is 3.67. The molecule has 0 aromatic rings. The van der Waals surface area contributed by atoms with Crippen LogP contribution in [0.5, 0.6) is 0 Å². The largest absolute Gasteiger partial charge is 1.00 e. The van der Waals surface area contributed by atoms with Gasteiger partial charge in [0, 0.05) is 6.04 Å². The number of aliphatic carboxylic acids is 1. The maximum Gasteiger partial charge on any atom is 1.00 e. The number of unbranched alkanes of at least 4 members (excludes halogenated alkanes) is 11. The van der Waals surface area contributed by atoms with E-state index >= 15 is 0 Å². The first-order chi connectivity index (χ1) is 9.18. The molecule has 0 saturated carbocycles. The normalized spacial score (nSPS) is 11.9. The molecule has 0 radical (unpaired) electrons. The van der Waals surface area contributed by atoms with Crippen molar-refractivity contribution >= 4 is 5.97 Å². The first-order valence-electron chi connectivity index (χ1n) is 8.15. The fraction of sp³-hybridized carbons (Fsp3) is 0.938. The molecule has 20 heavy (non-hydrogen) atoms. The van der Waals surface area contributed by atoms with Crippen molar-refractivity contribution in [2.24, 2.45) is 5.73 Å². The Balaban J connectivity index is 0. The zero-order valence-electron chi connectivity index (χ0n) is 13.7. The molecule has 0 aliphatic rings. The molecule has 4 heteroatoms. The monoisotopic (exact) mass is 293 g/mol. The van der Waals surface area contributed by atoms with Crippen LogP contribution in [0.25, 0.3) is 0 Å². The average Bonchev–Trinajstić information content (AvgIpc) is 2.39. The van der Waals surface area contributed by atoms with Crippen molar-refractivity contribution in [2.45, 2.75) is 96.4 Å². The molecule has 0 aliphatic carbocycles. The Hall–Kier alpha value is 0.430. The van der Waals surface area contributed by atoms with Gasteiger partial charge in [-0.25, -0.2) is 0 Å². The summed E-state index contributed by atoms with van der Waals surface area (Å²) in [5.41, 5.74) is 5.38. The van der Waals surface area contributed by atoms with Crippen molar-refractivity contribution < 1.29 is 39.5 Å². The predicted molar refractivity (Wildman–Crippen MR) is 78.7 cm³/mol. The van der Waals surface area contributed by atoms with Crippen LogP contribution >= 0.6 is 0 Å². The Morgan fingerprint density at radius 2 is 1.20 bits per heavy atom. The molecule has 0 amide bonds. The minimum Gasteiger partial charge on any atom is -0.548 e. The van der Waals surface area contributed by atoms with E-state index in [1.165, 1.54) is 64.2 Å². The Morgan fingerprint density at radius 3 is 1.55 bits per heavy atom. The summed E-state index contributed by atoms with van der Waals surface area (Å²) in [6.07, 6.45) is 16.0. The van der Waals surface area contributed by atoms with E-state index in [1.54, 1.807) is 0 Å². The van der Waals surface area contributed by atoms with Crippen LogP contribution in [0.2, 0.25) is 0 Å². The fourth-order valence-corrected chi connectivity index (χ4v) is 2.32. The molecule has 0 aromatic heterocycles. The van der Waals surface area contributed by atoms with Gasteiger partial charge in [-0.1, -0.05) is 84.0 Å². The smallest absolute Gasteiger partial charge is 0.548 e. The molecule has 0 heterocycles. The molecule has 0 saturated heterocycles. The second-order valence-corrected chi connectivity index (χ2v) is 5.60. The number of hydrogen-bond acceptors (Lipinski definition) is 3. The Bertz CT molecular complexity index is 213. The van der Waals surface area contributed by atoms with Gasteiger partial charge in [-0.2, -0.15) is 0 Å². The van der Waals surface area contributed by atoms with E-state index < -0.39 is 12.0 Å². The molecule has 114 valence electrons. The van der Waals surface area contributed by atoms with Crippen molar-refractivity contribution in [2.75, 3.05) is 0 Å². The number of carboxylic acid groups (broad SMARTS) is 1. The first kappa shape index (κ1) is 22.7. The molecular weight excluding hydrogens is 261 g/mol. The van der Waals surface area contributed by atoms with Crippen molar-refractivity contribution in [3.05, 3.63) is 0 Å². The molecule has 3 nitrogen and oxygen atoms in total. The van der Waals surface area contributed by atoms with Crippen LogP contribution in [0, 0.1) is 0 Å². The third-order valence-electron chi connectivity index (χ3n) is 3.67. The van der Waals surface area contributed by atoms with Gasteiger partial charge in [-0.05, 0) is 6.42 Å². The zero-order chi connectivity index (χ0) is 14.3. The van der Waals surface area contributed by atoms with E-state index in [-0.39, 0.29) is 29.6 Å². The van der Waals surface area contributed by atoms with E-state index in [2.05, 4.69) is 6.92 Å². The number of nitrogens with two attached hydrogens (primary N) is 1. The molecule has 0 spiro atoms. The summed E-state index contributed by atoms with van der Waals surface area (Å²) in [6.45, 7) is 2.25. The van der Waals surface area contributed by atoms with Gasteiger partial charge in [-0.15, -0.1) is 0 Å². The summed E-state index contributed by atoms with van der Waals surface area (Å²) in [7, 11) is 0. The van der Waals surface area contributed by atoms with Crippen LogP contribution in [0.3, 0.4) is 0 Å². The molecule has 1 atom stereocenters. The molecule has 1 unspecified atom stereocenters. The third kappa shape index (κ3) is 16.5. The molecule has 2 N–H and O–H groups in total. The number of rotatable bonds is 14. The SMILES string of the molecule is CCCCCCCCCCCCCCC(N)C(=O)[O-].[Na+]. The Labute approximate surface area is 147 Å². The number of carbonyl (C=O) groups excluding carboxylic acids is 1. The van der Waals surface area contributed by atoms with Gasteiger partial charge in [0.05, 0.1) is 5.97 Å². The van der Waals surface area contributed by atoms with Gasteiger partial charge in [-0.3, -0.25) is 0 Å². The predicted octanol–water partition coefficient (Wildman–Crippen LogP) is 0.159. The van der Waals surface area contributed by atoms with Crippen LogP contribution in [-0.4, -0.2) is 12.0 Å². The van der Waals surface area contributed by atoms with E-state index in [0.717, 1.165) is 12.8 Å². The van der Waals surface area contributed by atoms with Crippen LogP contribution < -0.4 is 40.4 Å². The topological polar surface area (TPSA) is 66.2 Å². The molecule has 0 fully saturated rings. The molecular formula is C16H32NNaO2. The minimum atomic E-state index is -1.12. The van der Waals surface area contributed by atoms with Gasteiger partial charge >= 0.3 is 29.6 Å². The van der Waals surface area contributed by atoms with Crippen molar-refractivity contribution in [3.63, 3.8) is 0 Å². The molecule has 0 bridgehead atoms. The number of carbonyl (C=O) groups is 1. The van der Waals surface area contributed by atoms with Crippen molar-refractivity contribution in [1.29, 1.82) is 0 Å². The standard InChI is InChI=1S/C16H33NO2.Na/c1-2-3-4-5-6-7-8-9-10-11-12-13-14-15(17)16(18)19;/h15H,2-14,17H2,1H3,(H,18,19);/q;+1/p-1. The average molecular weight is 293 g/mol. The Kier molecular flexibility index (Phi) is 19.8. The van der Waals surface area contributed by atoms with Crippen LogP contribution in [0.4, 0.5) is 0 Å². The maximum atomic E-state index is 10.4. The van der Waals surface area contributed by atoms with Crippen LogP contribution in [0.1, 0.15) is 90.4 Å². The van der Waals surface area contributed by atoms with Crippen molar-refractivity contribution in [3.8, 4) is 0 Å². The fourth-order valence-electron chi connectivity index (χ4n) is 2.32. The summed E-state index contributed by atoms with van der Waals surface area (Å²) in [5, 5.41) is 10.4. The van der Waals surface area contributed by atoms with E-state index in [1.807, 2.05) is 0 Å². The summed E-state index contributed by atoms with van der Waals surface area (Å²) in [4.78, 5) is 10.4. The molecule has 0 aliphatic heterocycles. The van der Waals surface area contributed by atoms with Gasteiger partial charge in [0.1, 0.15) is 0 Å². The second kappa shape index (κ2) is 17.5. The van der Waals surface area contributed by atoms with Crippen LogP contribution in [-0.2, 0) is 4.79 Å². The van der Waals surface area contributed by atoms with E-state index in [9.17, 15) is 9.90 Å². The van der Waals surface area contributed by atoms with Gasteiger partial charge in [0.25, 0.3) is 0 Å². The molecule has 0 aromatic carbocycles. The Morgan fingerprint density at radius 1 is 0.850 bits per heavy atom. The summed E-state index contributed by atoms with van der Waals surface area (Å²) in [5.74, 6) is -1.12. The maximum absolute atomic E-state index is 10.4. The number of hydrogen-bond donors (Lipinski definition) is 1. The van der Waals surface area contributed by atoms with Gasteiger partial charge < -0.3 is 15.6 Å². The first-order valence-corrected chi connectivity index (χ1v) is 8.15. The second-order valence-electron chi connectivity index (χ2n) is 5.60. The summed E-state index contributed by atoms with van der Waals surface area (Å²) >= 11 is 0. The number of carboxylic acids is 1. The van der Waals surface area contributed by atoms with E-state index in [4.69, 9.17) is 5.73 Å². The van der Waals surface area contributed by atoms with Gasteiger partial charge in [0.2, 0.25) is 0 Å².